The molecular weight excluding hydrogens is 192 g/mol. The number of hydrogen-bond acceptors (Lipinski definition) is 3. The zero-order valence-corrected chi connectivity index (χ0v) is 8.60. The first-order valence-corrected chi connectivity index (χ1v) is 4.71. The van der Waals surface area contributed by atoms with Crippen LogP contribution in [-0.2, 0) is 0 Å². The lowest BCUT2D eigenvalue weighted by Crippen LogP contribution is -2.03. The minimum absolute atomic E-state index is 0.0777. The maximum Gasteiger partial charge on any atom is 0.355 e. The van der Waals surface area contributed by atoms with Gasteiger partial charge in [-0.25, -0.2) is 9.78 Å². The summed E-state index contributed by atoms with van der Waals surface area (Å²) in [4.78, 5) is 14.7. The van der Waals surface area contributed by atoms with E-state index in [-0.39, 0.29) is 5.69 Å². The van der Waals surface area contributed by atoms with Gasteiger partial charge in [0.1, 0.15) is 0 Å². The normalized spacial score (nSPS) is 10.8. The highest BCUT2D eigenvalue weighted by atomic mass is 16.4. The van der Waals surface area contributed by atoms with Crippen LogP contribution in [0.4, 0.5) is 0 Å². The van der Waals surface area contributed by atoms with E-state index in [1.165, 1.54) is 0 Å². The molecule has 0 saturated heterocycles. The zero-order chi connectivity index (χ0) is 11.3. The zero-order valence-electron chi connectivity index (χ0n) is 8.60. The summed E-state index contributed by atoms with van der Waals surface area (Å²) in [5.41, 5.74) is 6.97. The number of carboxylic acids is 1. The molecule has 0 spiro atoms. The summed E-state index contributed by atoms with van der Waals surface area (Å²) in [6.45, 7) is 2.43. The van der Waals surface area contributed by atoms with E-state index in [0.717, 1.165) is 12.0 Å². The van der Waals surface area contributed by atoms with E-state index >= 15 is 0 Å². The highest BCUT2D eigenvalue weighted by Gasteiger charge is 2.08. The maximum atomic E-state index is 10.8. The molecule has 3 N–H and O–H groups in total. The van der Waals surface area contributed by atoms with E-state index in [4.69, 9.17) is 10.8 Å². The molecule has 1 aromatic rings. The summed E-state index contributed by atoms with van der Waals surface area (Å²) in [6.07, 6.45) is 5.87. The van der Waals surface area contributed by atoms with Crippen LogP contribution in [-0.4, -0.2) is 22.6 Å². The Bertz CT molecular complexity index is 386. The standard InChI is InChI=1S/C11H14N2O2/c1-8-6-9(4-2-3-5-12)10(11(14)15)13-7-8/h2,4,6-7H,3,5,12H2,1H3,(H,14,15). The van der Waals surface area contributed by atoms with Crippen LogP contribution in [0.3, 0.4) is 0 Å². The Labute approximate surface area is 88.4 Å². The molecule has 0 aliphatic carbocycles. The van der Waals surface area contributed by atoms with Crippen LogP contribution in [0.25, 0.3) is 6.08 Å². The van der Waals surface area contributed by atoms with Crippen molar-refractivity contribution in [1.29, 1.82) is 0 Å². The fourth-order valence-corrected chi connectivity index (χ4v) is 1.20. The molecule has 0 bridgehead atoms. The molecule has 4 nitrogen and oxygen atoms in total. The van der Waals surface area contributed by atoms with Crippen molar-refractivity contribution in [2.45, 2.75) is 13.3 Å². The largest absolute Gasteiger partial charge is 0.476 e. The van der Waals surface area contributed by atoms with Gasteiger partial charge in [-0.05, 0) is 31.5 Å². The predicted molar refractivity (Wildman–Crippen MR) is 58.6 cm³/mol. The average molecular weight is 206 g/mol. The first-order valence-electron chi connectivity index (χ1n) is 4.71. The molecule has 80 valence electrons. The third-order valence-corrected chi connectivity index (χ3v) is 1.89. The third kappa shape index (κ3) is 3.18. The van der Waals surface area contributed by atoms with Crippen LogP contribution >= 0.6 is 0 Å². The lowest BCUT2D eigenvalue weighted by atomic mass is 10.1. The van der Waals surface area contributed by atoms with E-state index in [9.17, 15) is 4.79 Å². The first-order chi connectivity index (χ1) is 7.15. The van der Waals surface area contributed by atoms with Crippen molar-refractivity contribution in [1.82, 2.24) is 4.98 Å². The molecule has 0 fully saturated rings. The molecule has 4 heteroatoms. The number of pyridine rings is 1. The van der Waals surface area contributed by atoms with Gasteiger partial charge in [-0.3, -0.25) is 0 Å². The SMILES string of the molecule is Cc1cnc(C(=O)O)c(C=CCCN)c1. The number of aromatic carboxylic acids is 1. The predicted octanol–water partition coefficient (Wildman–Crippen LogP) is 1.45. The number of carboxylic acid groups (broad SMARTS) is 1. The van der Waals surface area contributed by atoms with Gasteiger partial charge in [-0.2, -0.15) is 0 Å². The highest BCUT2D eigenvalue weighted by molar-refractivity contribution is 5.89. The summed E-state index contributed by atoms with van der Waals surface area (Å²) in [6, 6.07) is 1.80. The quantitative estimate of drug-likeness (QED) is 0.781. The minimum atomic E-state index is -1.01. The Morgan fingerprint density at radius 3 is 3.00 bits per heavy atom. The van der Waals surface area contributed by atoms with Crippen molar-refractivity contribution in [2.24, 2.45) is 5.73 Å². The topological polar surface area (TPSA) is 76.2 Å². The van der Waals surface area contributed by atoms with Crippen LogP contribution in [0.1, 0.15) is 28.0 Å². The van der Waals surface area contributed by atoms with Gasteiger partial charge in [0.25, 0.3) is 0 Å². The fraction of sp³-hybridized carbons (Fsp3) is 0.273. The fourth-order valence-electron chi connectivity index (χ4n) is 1.20. The molecule has 0 atom stereocenters. The number of aryl methyl sites for hydroxylation is 1. The average Bonchev–Trinajstić information content (AvgIpc) is 2.18. The van der Waals surface area contributed by atoms with E-state index in [1.807, 2.05) is 13.0 Å². The molecule has 0 aliphatic rings. The lowest BCUT2D eigenvalue weighted by molar-refractivity contribution is 0.0690. The van der Waals surface area contributed by atoms with Gasteiger partial charge in [0.15, 0.2) is 5.69 Å². The Balaban J connectivity index is 3.02. The van der Waals surface area contributed by atoms with Crippen molar-refractivity contribution in [3.63, 3.8) is 0 Å². The van der Waals surface area contributed by atoms with Crippen LogP contribution in [0, 0.1) is 6.92 Å². The van der Waals surface area contributed by atoms with Gasteiger partial charge < -0.3 is 10.8 Å². The molecule has 0 aromatic carbocycles. The summed E-state index contributed by atoms with van der Waals surface area (Å²) in [5, 5.41) is 8.89. The van der Waals surface area contributed by atoms with Gasteiger partial charge >= 0.3 is 5.97 Å². The van der Waals surface area contributed by atoms with Crippen molar-refractivity contribution in [3.05, 3.63) is 35.2 Å². The number of nitrogens with two attached hydrogens (primary N) is 1. The second-order valence-electron chi connectivity index (χ2n) is 3.24. The molecule has 1 rings (SSSR count). The first kappa shape index (κ1) is 11.4. The second-order valence-corrected chi connectivity index (χ2v) is 3.24. The summed E-state index contributed by atoms with van der Waals surface area (Å²) >= 11 is 0. The molecule has 0 amide bonds. The van der Waals surface area contributed by atoms with Crippen LogP contribution in [0.15, 0.2) is 18.3 Å². The van der Waals surface area contributed by atoms with Crippen molar-refractivity contribution >= 4 is 12.0 Å². The molecule has 1 heterocycles. The van der Waals surface area contributed by atoms with Crippen molar-refractivity contribution in [2.75, 3.05) is 6.54 Å². The lowest BCUT2D eigenvalue weighted by Gasteiger charge is -2.01. The number of rotatable bonds is 4. The van der Waals surface area contributed by atoms with E-state index in [2.05, 4.69) is 4.98 Å². The van der Waals surface area contributed by atoms with Crippen molar-refractivity contribution < 1.29 is 9.90 Å². The van der Waals surface area contributed by atoms with Gasteiger partial charge in [0.2, 0.25) is 0 Å². The molecule has 0 unspecified atom stereocenters. The summed E-state index contributed by atoms with van der Waals surface area (Å²) in [7, 11) is 0. The summed E-state index contributed by atoms with van der Waals surface area (Å²) < 4.78 is 0. The smallest absolute Gasteiger partial charge is 0.355 e. The number of carbonyl (C=O) groups is 1. The van der Waals surface area contributed by atoms with Crippen molar-refractivity contribution in [3.8, 4) is 0 Å². The van der Waals surface area contributed by atoms with E-state index in [0.29, 0.717) is 12.1 Å². The van der Waals surface area contributed by atoms with Crippen LogP contribution in [0.5, 0.6) is 0 Å². The van der Waals surface area contributed by atoms with Gasteiger partial charge in [0.05, 0.1) is 0 Å². The van der Waals surface area contributed by atoms with Crippen LogP contribution < -0.4 is 5.73 Å². The van der Waals surface area contributed by atoms with Gasteiger partial charge in [0, 0.05) is 11.8 Å². The third-order valence-electron chi connectivity index (χ3n) is 1.89. The Morgan fingerprint density at radius 1 is 1.67 bits per heavy atom. The minimum Gasteiger partial charge on any atom is -0.476 e. The van der Waals surface area contributed by atoms with Gasteiger partial charge in [-0.15, -0.1) is 0 Å². The number of hydrogen-bond donors (Lipinski definition) is 2. The molecule has 1 aromatic heterocycles. The Morgan fingerprint density at radius 2 is 2.40 bits per heavy atom. The Kier molecular flexibility index (Phi) is 4.00. The summed E-state index contributed by atoms with van der Waals surface area (Å²) in [5.74, 6) is -1.01. The molecule has 0 radical (unpaired) electrons. The monoisotopic (exact) mass is 206 g/mol. The molecule has 0 aliphatic heterocycles. The molecule has 0 saturated carbocycles. The van der Waals surface area contributed by atoms with Crippen LogP contribution in [0.2, 0.25) is 0 Å². The maximum absolute atomic E-state index is 10.8. The number of nitrogens with zero attached hydrogens (tertiary/aromatic N) is 1. The van der Waals surface area contributed by atoms with E-state index < -0.39 is 5.97 Å². The Hall–Kier alpha value is -1.68. The second kappa shape index (κ2) is 5.26. The van der Waals surface area contributed by atoms with E-state index in [1.54, 1.807) is 18.3 Å². The molecule has 15 heavy (non-hydrogen) atoms. The number of aromatic nitrogens is 1. The molecular formula is C11H14N2O2. The van der Waals surface area contributed by atoms with Gasteiger partial charge in [-0.1, -0.05) is 12.2 Å². The highest BCUT2D eigenvalue weighted by Crippen LogP contribution is 2.10.